The smallest absolute Gasteiger partial charge is 0.308 e. The van der Waals surface area contributed by atoms with Crippen molar-refractivity contribution in [1.82, 2.24) is 0 Å². The first-order chi connectivity index (χ1) is 12.3. The van der Waals surface area contributed by atoms with Crippen LogP contribution in [0.1, 0.15) is 112 Å². The fourth-order valence-corrected chi connectivity index (χ4v) is 2.76. The van der Waals surface area contributed by atoms with Gasteiger partial charge >= 0.3 is 11.9 Å². The van der Waals surface area contributed by atoms with E-state index in [1.807, 2.05) is 0 Å². The third-order valence-corrected chi connectivity index (χ3v) is 4.39. The third kappa shape index (κ3) is 16.4. The van der Waals surface area contributed by atoms with Gasteiger partial charge in [0.15, 0.2) is 0 Å². The van der Waals surface area contributed by atoms with E-state index in [2.05, 4.69) is 34.6 Å². The summed E-state index contributed by atoms with van der Waals surface area (Å²) in [7, 11) is 0. The lowest BCUT2D eigenvalue weighted by Gasteiger charge is -2.18. The van der Waals surface area contributed by atoms with Crippen LogP contribution >= 0.6 is 0 Å². The molecule has 0 atom stereocenters. The zero-order chi connectivity index (χ0) is 19.8. The summed E-state index contributed by atoms with van der Waals surface area (Å²) in [6, 6.07) is 0. The van der Waals surface area contributed by atoms with Crippen molar-refractivity contribution in [1.29, 1.82) is 0 Å². The van der Waals surface area contributed by atoms with Gasteiger partial charge in [-0.15, -0.1) is 0 Å². The first kappa shape index (κ1) is 24.9. The molecule has 0 heterocycles. The van der Waals surface area contributed by atoms with E-state index >= 15 is 0 Å². The molecule has 0 spiro atoms. The minimum absolute atomic E-state index is 0.247. The lowest BCUT2D eigenvalue weighted by molar-refractivity contribution is -0.189. The molecule has 0 bridgehead atoms. The van der Waals surface area contributed by atoms with Crippen LogP contribution in [0.3, 0.4) is 0 Å². The standard InChI is InChI=1S/C22H42O4/c1-6-7-8-17-22(25-20(23)15-11-9-13-18(2)3)26-21(24)16-12-10-14-19(4)5/h18-19,22H,6-17H2,1-5H3. The van der Waals surface area contributed by atoms with Gasteiger partial charge in [-0.1, -0.05) is 73.1 Å². The molecule has 0 aliphatic heterocycles. The number of carbonyl (C=O) groups is 2. The Hall–Kier alpha value is -1.06. The van der Waals surface area contributed by atoms with Crippen LogP contribution in [0.25, 0.3) is 0 Å². The van der Waals surface area contributed by atoms with E-state index in [0.717, 1.165) is 57.8 Å². The molecule has 0 aliphatic carbocycles. The van der Waals surface area contributed by atoms with Crippen LogP contribution in [0.15, 0.2) is 0 Å². The summed E-state index contributed by atoms with van der Waals surface area (Å²) in [6.07, 6.45) is 9.72. The van der Waals surface area contributed by atoms with E-state index in [9.17, 15) is 9.59 Å². The second kappa shape index (κ2) is 16.1. The Labute approximate surface area is 161 Å². The van der Waals surface area contributed by atoms with Gasteiger partial charge in [0, 0.05) is 19.3 Å². The van der Waals surface area contributed by atoms with Crippen molar-refractivity contribution >= 4 is 11.9 Å². The van der Waals surface area contributed by atoms with Crippen LogP contribution in [0.4, 0.5) is 0 Å². The number of hydrogen-bond acceptors (Lipinski definition) is 4. The molecule has 26 heavy (non-hydrogen) atoms. The van der Waals surface area contributed by atoms with Gasteiger partial charge in [-0.25, -0.2) is 0 Å². The number of carbonyl (C=O) groups excluding carboxylic acids is 2. The van der Waals surface area contributed by atoms with E-state index in [-0.39, 0.29) is 11.9 Å². The minimum Gasteiger partial charge on any atom is -0.425 e. The quantitative estimate of drug-likeness (QED) is 0.179. The highest BCUT2D eigenvalue weighted by atomic mass is 16.7. The zero-order valence-corrected chi connectivity index (χ0v) is 17.9. The average molecular weight is 371 g/mol. The van der Waals surface area contributed by atoms with Crippen LogP contribution in [-0.2, 0) is 19.1 Å². The monoisotopic (exact) mass is 370 g/mol. The molecule has 0 aromatic rings. The van der Waals surface area contributed by atoms with E-state index < -0.39 is 6.29 Å². The summed E-state index contributed by atoms with van der Waals surface area (Å²) >= 11 is 0. The summed E-state index contributed by atoms with van der Waals surface area (Å²) in [5.41, 5.74) is 0. The Morgan fingerprint density at radius 2 is 1.08 bits per heavy atom. The van der Waals surface area contributed by atoms with Gasteiger partial charge < -0.3 is 9.47 Å². The van der Waals surface area contributed by atoms with E-state index in [1.165, 1.54) is 0 Å². The molecule has 4 heteroatoms. The Balaban J connectivity index is 4.19. The molecule has 0 aromatic carbocycles. The predicted molar refractivity (Wildman–Crippen MR) is 107 cm³/mol. The van der Waals surface area contributed by atoms with Crippen molar-refractivity contribution in [3.63, 3.8) is 0 Å². The largest absolute Gasteiger partial charge is 0.425 e. The van der Waals surface area contributed by atoms with E-state index in [1.54, 1.807) is 0 Å². The van der Waals surface area contributed by atoms with E-state index in [0.29, 0.717) is 31.1 Å². The summed E-state index contributed by atoms with van der Waals surface area (Å²) in [5, 5.41) is 0. The Kier molecular flexibility index (Phi) is 15.5. The number of hydrogen-bond donors (Lipinski definition) is 0. The molecule has 0 aliphatic rings. The molecule has 0 saturated carbocycles. The van der Waals surface area contributed by atoms with Crippen LogP contribution in [0.2, 0.25) is 0 Å². The normalized spacial score (nSPS) is 11.4. The summed E-state index contributed by atoms with van der Waals surface area (Å²) in [5.74, 6) is 0.819. The lowest BCUT2D eigenvalue weighted by Crippen LogP contribution is -2.24. The van der Waals surface area contributed by atoms with Gasteiger partial charge in [-0.2, -0.15) is 0 Å². The van der Waals surface area contributed by atoms with Crippen LogP contribution in [0.5, 0.6) is 0 Å². The highest BCUT2D eigenvalue weighted by Crippen LogP contribution is 2.14. The van der Waals surface area contributed by atoms with Crippen molar-refractivity contribution in [2.75, 3.05) is 0 Å². The van der Waals surface area contributed by atoms with Gasteiger partial charge in [0.2, 0.25) is 6.29 Å². The third-order valence-electron chi connectivity index (χ3n) is 4.39. The Morgan fingerprint density at radius 3 is 1.46 bits per heavy atom. The maximum absolute atomic E-state index is 12.0. The molecular weight excluding hydrogens is 328 g/mol. The zero-order valence-electron chi connectivity index (χ0n) is 17.9. The fraction of sp³-hybridized carbons (Fsp3) is 0.909. The second-order valence-electron chi connectivity index (χ2n) is 8.18. The highest BCUT2D eigenvalue weighted by molar-refractivity contribution is 5.71. The average Bonchev–Trinajstić information content (AvgIpc) is 2.55. The van der Waals surface area contributed by atoms with Crippen LogP contribution in [0, 0.1) is 11.8 Å². The predicted octanol–water partition coefficient (Wildman–Crippen LogP) is 6.41. The summed E-state index contributed by atoms with van der Waals surface area (Å²) in [4.78, 5) is 24.1. The summed E-state index contributed by atoms with van der Waals surface area (Å²) < 4.78 is 10.9. The lowest BCUT2D eigenvalue weighted by atomic mass is 10.1. The van der Waals surface area contributed by atoms with Crippen LogP contribution in [-0.4, -0.2) is 18.2 Å². The SMILES string of the molecule is CCCCCC(OC(=O)CCCCC(C)C)OC(=O)CCCCC(C)C. The number of ether oxygens (including phenoxy) is 2. The Bertz CT molecular complexity index is 333. The minimum atomic E-state index is -0.711. The number of unbranched alkanes of at least 4 members (excludes halogenated alkanes) is 4. The fourth-order valence-electron chi connectivity index (χ4n) is 2.76. The highest BCUT2D eigenvalue weighted by Gasteiger charge is 2.18. The summed E-state index contributed by atoms with van der Waals surface area (Å²) in [6.45, 7) is 10.9. The molecule has 0 radical (unpaired) electrons. The second-order valence-corrected chi connectivity index (χ2v) is 8.18. The number of esters is 2. The molecule has 0 saturated heterocycles. The Morgan fingerprint density at radius 1 is 0.654 bits per heavy atom. The molecule has 0 aromatic heterocycles. The maximum Gasteiger partial charge on any atom is 0.308 e. The van der Waals surface area contributed by atoms with Crippen molar-refractivity contribution in [3.05, 3.63) is 0 Å². The molecule has 0 amide bonds. The first-order valence-electron chi connectivity index (χ1n) is 10.7. The molecule has 0 fully saturated rings. The molecule has 0 unspecified atom stereocenters. The van der Waals surface area contributed by atoms with Gasteiger partial charge in [-0.05, 0) is 31.1 Å². The van der Waals surface area contributed by atoms with Gasteiger partial charge in [-0.3, -0.25) is 9.59 Å². The van der Waals surface area contributed by atoms with Gasteiger partial charge in [0.25, 0.3) is 0 Å². The molecule has 4 nitrogen and oxygen atoms in total. The van der Waals surface area contributed by atoms with Crippen LogP contribution < -0.4 is 0 Å². The molecular formula is C22H42O4. The van der Waals surface area contributed by atoms with Crippen molar-refractivity contribution in [3.8, 4) is 0 Å². The number of rotatable bonds is 16. The van der Waals surface area contributed by atoms with E-state index in [4.69, 9.17) is 9.47 Å². The molecule has 0 rings (SSSR count). The van der Waals surface area contributed by atoms with Crippen molar-refractivity contribution < 1.29 is 19.1 Å². The topological polar surface area (TPSA) is 52.6 Å². The van der Waals surface area contributed by atoms with Gasteiger partial charge in [0.05, 0.1) is 0 Å². The molecule has 0 N–H and O–H groups in total. The van der Waals surface area contributed by atoms with Crippen molar-refractivity contribution in [2.24, 2.45) is 11.8 Å². The first-order valence-corrected chi connectivity index (χ1v) is 10.7. The van der Waals surface area contributed by atoms with Gasteiger partial charge in [0.1, 0.15) is 0 Å². The molecule has 154 valence electrons. The maximum atomic E-state index is 12.0. The van der Waals surface area contributed by atoms with Crippen molar-refractivity contribution in [2.45, 2.75) is 118 Å².